The van der Waals surface area contributed by atoms with Crippen molar-refractivity contribution in [1.82, 2.24) is 10.2 Å². The molecule has 9 nitrogen and oxygen atoms in total. The van der Waals surface area contributed by atoms with Crippen LogP contribution in [0.15, 0.2) is 42.5 Å². The molecule has 2 aromatic rings. The van der Waals surface area contributed by atoms with E-state index in [1.54, 1.807) is 14.2 Å². The molecule has 0 spiro atoms. The highest BCUT2D eigenvalue weighted by Crippen LogP contribution is 2.34. The van der Waals surface area contributed by atoms with Crippen LogP contribution >= 0.6 is 0 Å². The van der Waals surface area contributed by atoms with Gasteiger partial charge in [0, 0.05) is 39.4 Å². The molecule has 0 saturated carbocycles. The van der Waals surface area contributed by atoms with Crippen LogP contribution in [0.5, 0.6) is 11.5 Å². The molecule has 2 fully saturated rings. The Morgan fingerprint density at radius 3 is 2.71 bits per heavy atom. The summed E-state index contributed by atoms with van der Waals surface area (Å²) in [6.07, 6.45) is 1.12. The SMILES string of the molecule is COCCCN1CCOc2ccc(CO[C@H]3CNCC([OH+]CCN4CCOC[C@H]4C)[C@@H]3c3ccc(OC)cc3)cc21. The van der Waals surface area contributed by atoms with E-state index in [0.29, 0.717) is 19.3 Å². The topological polar surface area (TPSA) is 77.5 Å². The number of methoxy groups -OCH3 is 2. The summed E-state index contributed by atoms with van der Waals surface area (Å²) in [7, 11) is 3.46. The standard InChI is InChI=1S/C32H47N3O6/c1-24-22-38-16-12-34(24)13-17-40-30-20-33-21-31(32(30)26-6-8-27(37-3)9-7-26)41-23-25-5-10-29-28(19-25)35(14-18-39-29)11-4-15-36-2/h5-10,19,24,30-33H,4,11-18,20-23H2,1-3H3/p+1/t24-,30?,31+,32+/m1/s1. The summed E-state index contributed by atoms with van der Waals surface area (Å²) in [6.45, 7) is 12.1. The number of hydrogen-bond acceptors (Lipinski definition) is 8. The zero-order valence-corrected chi connectivity index (χ0v) is 24.9. The highest BCUT2D eigenvalue weighted by atomic mass is 16.5. The van der Waals surface area contributed by atoms with Gasteiger partial charge in [-0.25, -0.2) is 0 Å². The molecule has 4 atom stereocenters. The summed E-state index contributed by atoms with van der Waals surface area (Å²) in [4.78, 5) is 4.88. The second kappa shape index (κ2) is 15.2. The monoisotopic (exact) mass is 570 g/mol. The first-order valence-corrected chi connectivity index (χ1v) is 15.1. The normalized spacial score (nSPS) is 25.0. The molecule has 2 saturated heterocycles. The van der Waals surface area contributed by atoms with Crippen molar-refractivity contribution < 1.29 is 28.4 Å². The van der Waals surface area contributed by atoms with E-state index in [1.807, 2.05) is 12.1 Å². The third-order valence-corrected chi connectivity index (χ3v) is 8.49. The molecular weight excluding hydrogens is 522 g/mol. The number of morpholine rings is 1. The molecule has 3 aliphatic heterocycles. The van der Waals surface area contributed by atoms with Gasteiger partial charge in [0.2, 0.25) is 0 Å². The summed E-state index contributed by atoms with van der Waals surface area (Å²) >= 11 is 0. The highest BCUT2D eigenvalue weighted by Gasteiger charge is 2.39. The van der Waals surface area contributed by atoms with Crippen molar-refractivity contribution in [3.63, 3.8) is 0 Å². The lowest BCUT2D eigenvalue weighted by Gasteiger charge is -2.37. The van der Waals surface area contributed by atoms with Crippen LogP contribution in [0.25, 0.3) is 0 Å². The Kier molecular flexibility index (Phi) is 11.1. The van der Waals surface area contributed by atoms with Crippen molar-refractivity contribution >= 4 is 5.69 Å². The molecule has 9 heteroatoms. The number of benzene rings is 2. The Balaban J connectivity index is 1.26. The molecule has 0 radical (unpaired) electrons. The summed E-state index contributed by atoms with van der Waals surface area (Å²) in [5.41, 5.74) is 3.54. The van der Waals surface area contributed by atoms with Crippen LogP contribution in [-0.4, -0.2) is 114 Å². The van der Waals surface area contributed by atoms with Crippen LogP contribution in [0.1, 0.15) is 30.4 Å². The Hall–Kier alpha value is -2.40. The number of anilines is 1. The van der Waals surface area contributed by atoms with Crippen molar-refractivity contribution in [2.75, 3.05) is 91.4 Å². The number of fused-ring (bicyclic) bond motifs is 1. The molecule has 2 aromatic carbocycles. The predicted molar refractivity (Wildman–Crippen MR) is 161 cm³/mol. The Bertz CT molecular complexity index is 1070. The van der Waals surface area contributed by atoms with Crippen molar-refractivity contribution in [2.45, 2.75) is 44.1 Å². The van der Waals surface area contributed by atoms with Gasteiger partial charge in [-0.1, -0.05) is 18.2 Å². The lowest BCUT2D eigenvalue weighted by atomic mass is 9.85. The van der Waals surface area contributed by atoms with Gasteiger partial charge in [-0.15, -0.1) is 0 Å². The van der Waals surface area contributed by atoms with E-state index in [1.165, 1.54) is 5.56 Å². The van der Waals surface area contributed by atoms with Crippen molar-refractivity contribution in [1.29, 1.82) is 0 Å². The largest absolute Gasteiger partial charge is 0.497 e. The van der Waals surface area contributed by atoms with E-state index in [2.05, 4.69) is 52.4 Å². The van der Waals surface area contributed by atoms with Gasteiger partial charge in [0.25, 0.3) is 0 Å². The highest BCUT2D eigenvalue weighted by molar-refractivity contribution is 5.61. The van der Waals surface area contributed by atoms with Crippen LogP contribution in [0, 0.1) is 0 Å². The average Bonchev–Trinajstić information content (AvgIpc) is 3.01. The molecule has 2 N–H and O–H groups in total. The third kappa shape index (κ3) is 7.91. The maximum atomic E-state index is 6.70. The molecule has 0 aromatic heterocycles. The number of hydrogen-bond donors (Lipinski definition) is 1. The summed E-state index contributed by atoms with van der Waals surface area (Å²) < 4.78 is 34.2. The number of nitrogens with zero attached hydrogens (tertiary/aromatic N) is 2. The first kappa shape index (κ1) is 30.1. The zero-order chi connectivity index (χ0) is 28.4. The lowest BCUT2D eigenvalue weighted by Crippen LogP contribution is -2.53. The maximum absolute atomic E-state index is 6.70. The molecule has 0 amide bonds. The number of piperidine rings is 1. The van der Waals surface area contributed by atoms with E-state index in [4.69, 9.17) is 28.4 Å². The molecule has 226 valence electrons. The summed E-state index contributed by atoms with van der Waals surface area (Å²) in [5, 5.41) is 3.61. The fraction of sp³-hybridized carbons (Fsp3) is 0.625. The molecular formula is C32H48N3O6+. The van der Waals surface area contributed by atoms with Gasteiger partial charge >= 0.3 is 0 Å². The fourth-order valence-corrected chi connectivity index (χ4v) is 6.17. The first-order chi connectivity index (χ1) is 20.2. The van der Waals surface area contributed by atoms with Gasteiger partial charge < -0.3 is 38.6 Å². The third-order valence-electron chi connectivity index (χ3n) is 8.49. The van der Waals surface area contributed by atoms with Crippen molar-refractivity contribution in [3.8, 4) is 11.5 Å². The average molecular weight is 571 g/mol. The lowest BCUT2D eigenvalue weighted by molar-refractivity contribution is -0.157. The predicted octanol–water partition coefficient (Wildman–Crippen LogP) is 2.82. The van der Waals surface area contributed by atoms with E-state index in [0.717, 1.165) is 94.9 Å². The van der Waals surface area contributed by atoms with E-state index >= 15 is 0 Å². The number of ether oxygens (including phenoxy) is 6. The minimum atomic E-state index is -0.00158. The Morgan fingerprint density at radius 2 is 1.90 bits per heavy atom. The Morgan fingerprint density at radius 1 is 1.02 bits per heavy atom. The molecule has 0 bridgehead atoms. The van der Waals surface area contributed by atoms with Crippen LogP contribution < -0.4 is 19.7 Å². The van der Waals surface area contributed by atoms with E-state index < -0.39 is 0 Å². The smallest absolute Gasteiger partial charge is 0.177 e. The minimum Gasteiger partial charge on any atom is -0.497 e. The quantitative estimate of drug-likeness (QED) is 0.291. The van der Waals surface area contributed by atoms with Crippen LogP contribution in [0.2, 0.25) is 0 Å². The van der Waals surface area contributed by atoms with Crippen molar-refractivity contribution in [2.24, 2.45) is 0 Å². The van der Waals surface area contributed by atoms with Crippen LogP contribution in [-0.2, 0) is 20.8 Å². The minimum absolute atomic E-state index is 0.00158. The summed E-state index contributed by atoms with van der Waals surface area (Å²) in [6, 6.07) is 15.3. The van der Waals surface area contributed by atoms with E-state index in [9.17, 15) is 0 Å². The van der Waals surface area contributed by atoms with Crippen LogP contribution in [0.4, 0.5) is 5.69 Å². The van der Waals surface area contributed by atoms with Gasteiger partial charge in [0.05, 0.1) is 64.3 Å². The van der Waals surface area contributed by atoms with Gasteiger partial charge in [0.15, 0.2) is 12.7 Å². The number of nitrogens with one attached hydrogen (secondary N) is 1. The van der Waals surface area contributed by atoms with E-state index in [-0.39, 0.29) is 18.1 Å². The molecule has 3 heterocycles. The molecule has 41 heavy (non-hydrogen) atoms. The number of aliphatic hydroxyl groups is 2. The number of rotatable bonds is 13. The summed E-state index contributed by atoms with van der Waals surface area (Å²) in [5.74, 6) is 1.97. The second-order valence-electron chi connectivity index (χ2n) is 11.2. The van der Waals surface area contributed by atoms with Crippen molar-refractivity contribution in [3.05, 3.63) is 53.6 Å². The second-order valence-corrected chi connectivity index (χ2v) is 11.2. The molecule has 5 rings (SSSR count). The zero-order valence-electron chi connectivity index (χ0n) is 24.9. The van der Waals surface area contributed by atoms with Gasteiger partial charge in [-0.3, -0.25) is 4.90 Å². The molecule has 3 aliphatic rings. The van der Waals surface area contributed by atoms with Gasteiger partial charge in [-0.05, 0) is 48.7 Å². The van der Waals surface area contributed by atoms with Gasteiger partial charge in [0.1, 0.15) is 18.1 Å². The Labute approximate surface area is 245 Å². The molecule has 0 aliphatic carbocycles. The maximum Gasteiger partial charge on any atom is 0.177 e. The van der Waals surface area contributed by atoms with Crippen LogP contribution in [0.3, 0.4) is 0 Å². The fourth-order valence-electron chi connectivity index (χ4n) is 6.17. The molecule has 1 unspecified atom stereocenters. The van der Waals surface area contributed by atoms with Gasteiger partial charge in [-0.2, -0.15) is 0 Å². The first-order valence-electron chi connectivity index (χ1n) is 15.1.